The Bertz CT molecular complexity index is 884. The van der Waals surface area contributed by atoms with Gasteiger partial charge in [-0.1, -0.05) is 26.8 Å². The van der Waals surface area contributed by atoms with Crippen LogP contribution in [0.15, 0.2) is 38.3 Å². The largest absolute Gasteiger partial charge is 0.437 e. The van der Waals surface area contributed by atoms with E-state index in [9.17, 15) is 9.59 Å². The lowest BCUT2D eigenvalue weighted by Crippen LogP contribution is -2.24. The summed E-state index contributed by atoms with van der Waals surface area (Å²) in [5, 5.41) is 0.816. The number of fused-ring (bicyclic) bond motifs is 2. The van der Waals surface area contributed by atoms with Crippen molar-refractivity contribution in [2.45, 2.75) is 26.2 Å². The Hall–Kier alpha value is -2.43. The van der Waals surface area contributed by atoms with E-state index in [0.717, 1.165) is 10.9 Å². The van der Waals surface area contributed by atoms with Gasteiger partial charge in [0, 0.05) is 5.39 Å². The van der Waals surface area contributed by atoms with Crippen molar-refractivity contribution in [1.29, 1.82) is 0 Å². The van der Waals surface area contributed by atoms with Crippen LogP contribution in [-0.2, 0) is 5.41 Å². The van der Waals surface area contributed by atoms with Crippen LogP contribution in [0.1, 0.15) is 26.3 Å². The standard InChI is InChI=1S/C15H14N2O3/c1-15(2,3)9-4-5-11-8(6-9)7-10-12(18)16-14(19)17-13(10)20-11/h4-7H,1-3H3,(H,16,18,19). The highest BCUT2D eigenvalue weighted by atomic mass is 16.3. The normalized spacial score (nSPS) is 12.2. The van der Waals surface area contributed by atoms with Crippen LogP contribution in [0.25, 0.3) is 22.4 Å². The Kier molecular flexibility index (Phi) is 2.54. The Morgan fingerprint density at radius 2 is 1.90 bits per heavy atom. The highest BCUT2D eigenvalue weighted by Crippen LogP contribution is 2.28. The lowest BCUT2D eigenvalue weighted by atomic mass is 9.86. The van der Waals surface area contributed by atoms with Crippen molar-refractivity contribution in [2.75, 3.05) is 0 Å². The predicted octanol–water partition coefficient (Wildman–Crippen LogP) is 2.28. The topological polar surface area (TPSA) is 76.0 Å². The van der Waals surface area contributed by atoms with Gasteiger partial charge in [0.1, 0.15) is 11.1 Å². The second-order valence-electron chi connectivity index (χ2n) is 5.84. The molecule has 2 aliphatic heterocycles. The van der Waals surface area contributed by atoms with Gasteiger partial charge < -0.3 is 4.42 Å². The first-order valence-corrected chi connectivity index (χ1v) is 6.33. The number of hydrogen-bond acceptors (Lipinski definition) is 4. The first-order valence-electron chi connectivity index (χ1n) is 6.33. The third-order valence-corrected chi connectivity index (χ3v) is 3.28. The van der Waals surface area contributed by atoms with Crippen LogP contribution in [0.5, 0.6) is 0 Å². The van der Waals surface area contributed by atoms with Gasteiger partial charge in [-0.2, -0.15) is 4.98 Å². The zero-order valence-corrected chi connectivity index (χ0v) is 11.5. The molecule has 0 aromatic heterocycles. The van der Waals surface area contributed by atoms with Crippen molar-refractivity contribution in [2.24, 2.45) is 0 Å². The van der Waals surface area contributed by atoms with E-state index in [4.69, 9.17) is 4.42 Å². The van der Waals surface area contributed by atoms with E-state index in [-0.39, 0.29) is 16.9 Å². The molecule has 0 fully saturated rings. The number of rotatable bonds is 0. The summed E-state index contributed by atoms with van der Waals surface area (Å²) in [6.07, 6.45) is 0. The first-order chi connectivity index (χ1) is 9.34. The zero-order valence-electron chi connectivity index (χ0n) is 11.5. The minimum Gasteiger partial charge on any atom is -0.437 e. The van der Waals surface area contributed by atoms with Gasteiger partial charge in [0.05, 0.1) is 0 Å². The van der Waals surface area contributed by atoms with Crippen LogP contribution in [0, 0.1) is 0 Å². The molecule has 1 N–H and O–H groups in total. The van der Waals surface area contributed by atoms with Gasteiger partial charge in [-0.3, -0.25) is 9.78 Å². The van der Waals surface area contributed by atoms with Crippen LogP contribution in [0.2, 0.25) is 0 Å². The summed E-state index contributed by atoms with van der Waals surface area (Å²) in [5.41, 5.74) is 0.853. The summed E-state index contributed by atoms with van der Waals surface area (Å²) in [6, 6.07) is 7.50. The highest BCUT2D eigenvalue weighted by molar-refractivity contribution is 5.82. The van der Waals surface area contributed by atoms with E-state index in [0.29, 0.717) is 5.58 Å². The molecule has 5 heteroatoms. The molecule has 3 rings (SSSR count). The minimum absolute atomic E-state index is 0.00664. The molecule has 0 aliphatic carbocycles. The lowest BCUT2D eigenvalue weighted by Gasteiger charge is -2.19. The third-order valence-electron chi connectivity index (χ3n) is 3.28. The van der Waals surface area contributed by atoms with Crippen molar-refractivity contribution in [3.63, 3.8) is 0 Å². The lowest BCUT2D eigenvalue weighted by molar-refractivity contribution is 0.582. The Labute approximate surface area is 114 Å². The van der Waals surface area contributed by atoms with E-state index < -0.39 is 11.2 Å². The van der Waals surface area contributed by atoms with Crippen LogP contribution in [0.4, 0.5) is 0 Å². The van der Waals surface area contributed by atoms with Gasteiger partial charge in [-0.25, -0.2) is 4.79 Å². The zero-order chi connectivity index (χ0) is 14.5. The molecule has 102 valence electrons. The maximum atomic E-state index is 11.8. The monoisotopic (exact) mass is 270 g/mol. The fourth-order valence-corrected chi connectivity index (χ4v) is 2.13. The number of H-pyrrole nitrogens is 1. The maximum absolute atomic E-state index is 11.8. The Morgan fingerprint density at radius 3 is 2.60 bits per heavy atom. The van der Waals surface area contributed by atoms with E-state index in [2.05, 4.69) is 30.7 Å². The van der Waals surface area contributed by atoms with Gasteiger partial charge in [0.2, 0.25) is 5.89 Å². The van der Waals surface area contributed by atoms with E-state index in [1.165, 1.54) is 0 Å². The number of benzene rings is 1. The van der Waals surface area contributed by atoms with Gasteiger partial charge in [-0.15, -0.1) is 0 Å². The quantitative estimate of drug-likeness (QED) is 0.636. The minimum atomic E-state index is -0.697. The van der Waals surface area contributed by atoms with Crippen LogP contribution >= 0.6 is 0 Å². The molecule has 0 amide bonds. The van der Waals surface area contributed by atoms with E-state index in [1.54, 1.807) is 6.07 Å². The molecule has 2 heterocycles. The Balaban J connectivity index is 2.38. The second-order valence-corrected chi connectivity index (χ2v) is 5.84. The van der Waals surface area contributed by atoms with Gasteiger partial charge >= 0.3 is 5.69 Å². The number of aromatic amines is 1. The molecule has 0 atom stereocenters. The van der Waals surface area contributed by atoms with Crippen molar-refractivity contribution in [1.82, 2.24) is 9.97 Å². The average Bonchev–Trinajstić information content (AvgIpc) is 2.35. The molecule has 20 heavy (non-hydrogen) atoms. The molecule has 0 bridgehead atoms. The molecule has 5 nitrogen and oxygen atoms in total. The summed E-state index contributed by atoms with van der Waals surface area (Å²) in [7, 11) is 0. The maximum Gasteiger partial charge on any atom is 0.351 e. The van der Waals surface area contributed by atoms with Crippen molar-refractivity contribution in [3.05, 3.63) is 50.7 Å². The Morgan fingerprint density at radius 1 is 1.15 bits per heavy atom. The SMILES string of the molecule is CC(C)(C)c1ccc2oc3nc(=O)[nH]c(=O)c-3cc2c1. The summed E-state index contributed by atoms with van der Waals surface area (Å²) in [5.74, 6) is 0.0646. The van der Waals surface area contributed by atoms with E-state index in [1.807, 2.05) is 18.2 Å². The fraction of sp³-hybridized carbons (Fsp3) is 0.267. The van der Waals surface area contributed by atoms with Crippen LogP contribution in [-0.4, -0.2) is 9.97 Å². The number of aromatic nitrogens is 2. The predicted molar refractivity (Wildman–Crippen MR) is 76.2 cm³/mol. The number of hydrogen-bond donors (Lipinski definition) is 1. The van der Waals surface area contributed by atoms with Crippen molar-refractivity contribution >= 4 is 11.0 Å². The summed E-state index contributed by atoms with van der Waals surface area (Å²) < 4.78 is 5.54. The molecule has 0 unspecified atom stereocenters. The highest BCUT2D eigenvalue weighted by Gasteiger charge is 2.17. The van der Waals surface area contributed by atoms with Gasteiger partial charge in [-0.05, 0) is 29.2 Å². The molecule has 0 radical (unpaired) electrons. The van der Waals surface area contributed by atoms with Crippen LogP contribution in [0.3, 0.4) is 0 Å². The van der Waals surface area contributed by atoms with Crippen molar-refractivity contribution in [3.8, 4) is 11.5 Å². The molecule has 2 aliphatic rings. The molecule has 0 spiro atoms. The molecule has 1 aromatic carbocycles. The van der Waals surface area contributed by atoms with E-state index >= 15 is 0 Å². The van der Waals surface area contributed by atoms with Gasteiger partial charge in [0.15, 0.2) is 0 Å². The van der Waals surface area contributed by atoms with Gasteiger partial charge in [0.25, 0.3) is 5.56 Å². The first kappa shape index (κ1) is 12.6. The summed E-state index contributed by atoms with van der Waals surface area (Å²) in [6.45, 7) is 6.35. The molecule has 0 saturated carbocycles. The smallest absolute Gasteiger partial charge is 0.351 e. The molecular weight excluding hydrogens is 256 g/mol. The fourth-order valence-electron chi connectivity index (χ4n) is 2.13. The average molecular weight is 270 g/mol. The molecule has 1 aromatic rings. The molecular formula is C15H14N2O3. The number of nitrogens with one attached hydrogen (secondary N) is 1. The number of nitrogens with zero attached hydrogens (tertiary/aromatic N) is 1. The van der Waals surface area contributed by atoms with Crippen LogP contribution < -0.4 is 11.2 Å². The summed E-state index contributed by atoms with van der Waals surface area (Å²) in [4.78, 5) is 28.8. The second kappa shape index (κ2) is 4.03. The molecule has 0 saturated heterocycles. The third kappa shape index (κ3) is 2.01. The van der Waals surface area contributed by atoms with Crippen molar-refractivity contribution < 1.29 is 4.42 Å². The summed E-state index contributed by atoms with van der Waals surface area (Å²) >= 11 is 0.